The number of hydrogen-bond donors (Lipinski definition) is 1. The zero-order chi connectivity index (χ0) is 15.5. The molecule has 0 amide bonds. The highest BCUT2D eigenvalue weighted by atomic mass is 16.5. The minimum atomic E-state index is -0.441. The summed E-state index contributed by atoms with van der Waals surface area (Å²) in [5.74, 6) is 0.819. The van der Waals surface area contributed by atoms with Crippen molar-refractivity contribution in [2.75, 3.05) is 0 Å². The highest BCUT2D eigenvalue weighted by Crippen LogP contribution is 2.23. The monoisotopic (exact) mass is 284 g/mol. The van der Waals surface area contributed by atoms with Gasteiger partial charge in [-0.15, -0.1) is 0 Å². The molecule has 0 fully saturated rings. The molecule has 1 N–H and O–H groups in total. The van der Waals surface area contributed by atoms with E-state index in [2.05, 4.69) is 45.0 Å². The average molecular weight is 284 g/mol. The second-order valence-corrected chi connectivity index (χ2v) is 6.48. The summed E-state index contributed by atoms with van der Waals surface area (Å²) in [6.07, 6.45) is -0.441. The first kappa shape index (κ1) is 15.6. The van der Waals surface area contributed by atoms with Crippen molar-refractivity contribution in [1.82, 2.24) is 0 Å². The molecule has 2 heteroatoms. The predicted molar refractivity (Wildman–Crippen MR) is 86.5 cm³/mol. The van der Waals surface area contributed by atoms with Crippen molar-refractivity contribution < 1.29 is 9.84 Å². The molecule has 0 bridgehead atoms. The molecule has 0 spiro atoms. The minimum absolute atomic E-state index is 0.177. The molecule has 21 heavy (non-hydrogen) atoms. The molecule has 0 aliphatic carbocycles. The van der Waals surface area contributed by atoms with Crippen molar-refractivity contribution in [3.63, 3.8) is 0 Å². The largest absolute Gasteiger partial charge is 0.489 e. The molecule has 2 aromatic carbocycles. The van der Waals surface area contributed by atoms with Crippen LogP contribution < -0.4 is 4.74 Å². The van der Waals surface area contributed by atoms with E-state index in [1.165, 1.54) is 5.56 Å². The van der Waals surface area contributed by atoms with E-state index in [0.29, 0.717) is 6.61 Å². The fraction of sp³-hybridized carbons (Fsp3) is 0.368. The van der Waals surface area contributed by atoms with Crippen LogP contribution in [-0.4, -0.2) is 5.11 Å². The van der Waals surface area contributed by atoms with E-state index in [0.717, 1.165) is 16.9 Å². The summed E-state index contributed by atoms with van der Waals surface area (Å²) < 4.78 is 5.77. The molecular formula is C19H24O2. The molecule has 0 aliphatic heterocycles. The molecule has 1 atom stereocenters. The maximum Gasteiger partial charge on any atom is 0.119 e. The van der Waals surface area contributed by atoms with Gasteiger partial charge >= 0.3 is 0 Å². The maximum absolute atomic E-state index is 9.47. The van der Waals surface area contributed by atoms with Gasteiger partial charge in [0, 0.05) is 0 Å². The average Bonchev–Trinajstić information content (AvgIpc) is 2.45. The SMILES string of the molecule is C[C@@H](O)c1ccc(OCc2ccc(C(C)(C)C)cc2)cc1. The molecule has 0 unspecified atom stereocenters. The zero-order valence-electron chi connectivity index (χ0n) is 13.3. The molecular weight excluding hydrogens is 260 g/mol. The van der Waals surface area contributed by atoms with Gasteiger partial charge in [0.25, 0.3) is 0 Å². The van der Waals surface area contributed by atoms with E-state index in [1.807, 2.05) is 24.3 Å². The molecule has 0 saturated heterocycles. The summed E-state index contributed by atoms with van der Waals surface area (Å²) in [5.41, 5.74) is 3.56. The van der Waals surface area contributed by atoms with E-state index < -0.39 is 6.10 Å². The van der Waals surface area contributed by atoms with Gasteiger partial charge in [-0.2, -0.15) is 0 Å². The van der Waals surface area contributed by atoms with Crippen LogP contribution in [0.4, 0.5) is 0 Å². The second-order valence-electron chi connectivity index (χ2n) is 6.48. The third-order valence-corrected chi connectivity index (χ3v) is 3.59. The number of rotatable bonds is 4. The van der Waals surface area contributed by atoms with Gasteiger partial charge in [0.05, 0.1) is 6.10 Å². The number of aliphatic hydroxyl groups is 1. The Balaban J connectivity index is 1.96. The van der Waals surface area contributed by atoms with Crippen LogP contribution in [-0.2, 0) is 12.0 Å². The van der Waals surface area contributed by atoms with E-state index in [9.17, 15) is 5.11 Å². The van der Waals surface area contributed by atoms with Crippen LogP contribution in [0.15, 0.2) is 48.5 Å². The lowest BCUT2D eigenvalue weighted by Crippen LogP contribution is -2.10. The van der Waals surface area contributed by atoms with Gasteiger partial charge in [-0.25, -0.2) is 0 Å². The van der Waals surface area contributed by atoms with Gasteiger partial charge in [0.1, 0.15) is 12.4 Å². The van der Waals surface area contributed by atoms with Gasteiger partial charge in [0.2, 0.25) is 0 Å². The summed E-state index contributed by atoms with van der Waals surface area (Å²) in [7, 11) is 0. The standard InChI is InChI=1S/C19H24O2/c1-14(20)16-7-11-18(12-8-16)21-13-15-5-9-17(10-6-15)19(2,3)4/h5-12,14,20H,13H2,1-4H3/t14-/m1/s1. The number of hydrogen-bond acceptors (Lipinski definition) is 2. The van der Waals surface area contributed by atoms with Crippen molar-refractivity contribution in [3.05, 3.63) is 65.2 Å². The molecule has 112 valence electrons. The number of ether oxygens (including phenoxy) is 1. The zero-order valence-corrected chi connectivity index (χ0v) is 13.3. The van der Waals surface area contributed by atoms with Crippen molar-refractivity contribution in [2.45, 2.75) is 45.8 Å². The summed E-state index contributed by atoms with van der Waals surface area (Å²) in [6, 6.07) is 16.1. The van der Waals surface area contributed by atoms with Crippen molar-refractivity contribution in [2.24, 2.45) is 0 Å². The van der Waals surface area contributed by atoms with Gasteiger partial charge in [-0.1, -0.05) is 57.2 Å². The van der Waals surface area contributed by atoms with Crippen LogP contribution in [0.2, 0.25) is 0 Å². The molecule has 0 aromatic heterocycles. The summed E-state index contributed by atoms with van der Waals surface area (Å²) in [4.78, 5) is 0. The Hall–Kier alpha value is -1.80. The molecule has 0 radical (unpaired) electrons. The lowest BCUT2D eigenvalue weighted by Gasteiger charge is -2.19. The lowest BCUT2D eigenvalue weighted by atomic mass is 9.87. The molecule has 0 saturated carbocycles. The number of aliphatic hydroxyl groups excluding tert-OH is 1. The van der Waals surface area contributed by atoms with E-state index in [4.69, 9.17) is 4.74 Å². The topological polar surface area (TPSA) is 29.5 Å². The fourth-order valence-corrected chi connectivity index (χ4v) is 2.11. The number of benzene rings is 2. The van der Waals surface area contributed by atoms with Gasteiger partial charge in [-0.3, -0.25) is 0 Å². The van der Waals surface area contributed by atoms with Crippen LogP contribution in [0.1, 0.15) is 50.5 Å². The summed E-state index contributed by atoms with van der Waals surface area (Å²) >= 11 is 0. The van der Waals surface area contributed by atoms with Crippen LogP contribution in [0.25, 0.3) is 0 Å². The Kier molecular flexibility index (Phi) is 4.69. The Morgan fingerprint density at radius 1 is 0.952 bits per heavy atom. The third-order valence-electron chi connectivity index (χ3n) is 3.59. The highest BCUT2D eigenvalue weighted by Gasteiger charge is 2.12. The Labute approximate surface area is 127 Å². The molecule has 2 aromatic rings. The van der Waals surface area contributed by atoms with Gasteiger partial charge in [0.15, 0.2) is 0 Å². The fourth-order valence-electron chi connectivity index (χ4n) is 2.11. The first-order valence-corrected chi connectivity index (χ1v) is 7.36. The van der Waals surface area contributed by atoms with Crippen molar-refractivity contribution in [1.29, 1.82) is 0 Å². The third kappa shape index (κ3) is 4.33. The molecule has 2 rings (SSSR count). The van der Waals surface area contributed by atoms with E-state index >= 15 is 0 Å². The van der Waals surface area contributed by atoms with Crippen LogP contribution in [0.3, 0.4) is 0 Å². The highest BCUT2D eigenvalue weighted by molar-refractivity contribution is 5.30. The normalized spacial score (nSPS) is 13.0. The minimum Gasteiger partial charge on any atom is -0.489 e. The Morgan fingerprint density at radius 2 is 1.52 bits per heavy atom. The van der Waals surface area contributed by atoms with E-state index in [-0.39, 0.29) is 5.41 Å². The summed E-state index contributed by atoms with van der Waals surface area (Å²) in [5, 5.41) is 9.47. The first-order chi connectivity index (χ1) is 9.86. The summed E-state index contributed by atoms with van der Waals surface area (Å²) in [6.45, 7) is 8.94. The van der Waals surface area contributed by atoms with E-state index in [1.54, 1.807) is 6.92 Å². The van der Waals surface area contributed by atoms with Crippen LogP contribution in [0, 0.1) is 0 Å². The molecule has 2 nitrogen and oxygen atoms in total. The Morgan fingerprint density at radius 3 is 2.00 bits per heavy atom. The van der Waals surface area contributed by atoms with Crippen molar-refractivity contribution in [3.8, 4) is 5.75 Å². The van der Waals surface area contributed by atoms with Gasteiger partial charge < -0.3 is 9.84 Å². The predicted octanol–water partition coefficient (Wildman–Crippen LogP) is 4.62. The maximum atomic E-state index is 9.47. The van der Waals surface area contributed by atoms with Crippen molar-refractivity contribution >= 4 is 0 Å². The lowest BCUT2D eigenvalue weighted by molar-refractivity contribution is 0.199. The van der Waals surface area contributed by atoms with Gasteiger partial charge in [-0.05, 0) is 41.2 Å². The molecule has 0 aliphatic rings. The smallest absolute Gasteiger partial charge is 0.119 e. The van der Waals surface area contributed by atoms with Crippen LogP contribution in [0.5, 0.6) is 5.75 Å². The Bertz CT molecular complexity index is 560. The first-order valence-electron chi connectivity index (χ1n) is 7.36. The van der Waals surface area contributed by atoms with Crippen LogP contribution >= 0.6 is 0 Å². The molecule has 0 heterocycles. The second kappa shape index (κ2) is 6.31. The quantitative estimate of drug-likeness (QED) is 0.888.